The van der Waals surface area contributed by atoms with E-state index in [0.717, 1.165) is 11.0 Å². The molecule has 0 amide bonds. The predicted octanol–water partition coefficient (Wildman–Crippen LogP) is 3.26. The summed E-state index contributed by atoms with van der Waals surface area (Å²) in [5.41, 5.74) is 1.63. The van der Waals surface area contributed by atoms with Crippen LogP contribution in [0.5, 0.6) is 0 Å². The van der Waals surface area contributed by atoms with Crippen LogP contribution in [0.4, 0.5) is 4.39 Å². The van der Waals surface area contributed by atoms with Crippen LogP contribution < -0.4 is 0 Å². The first-order valence-electron chi connectivity index (χ1n) is 5.61. The normalized spacial score (nSPS) is 13.1. The predicted molar refractivity (Wildman–Crippen MR) is 68.2 cm³/mol. The van der Waals surface area contributed by atoms with Crippen molar-refractivity contribution in [3.8, 4) is 0 Å². The highest BCUT2D eigenvalue weighted by Crippen LogP contribution is 2.16. The van der Waals surface area contributed by atoms with Gasteiger partial charge in [-0.2, -0.15) is 0 Å². The number of nitrogens with zero attached hydrogens (tertiary/aromatic N) is 1. The molecule has 1 aromatic carbocycles. The zero-order valence-corrected chi connectivity index (χ0v) is 10.7. The van der Waals surface area contributed by atoms with E-state index in [1.54, 1.807) is 6.07 Å². The van der Waals surface area contributed by atoms with Gasteiger partial charge in [-0.05, 0) is 44.3 Å². The van der Waals surface area contributed by atoms with Crippen molar-refractivity contribution >= 4 is 23.3 Å². The Labute approximate surface area is 104 Å². The lowest BCUT2D eigenvalue weighted by Gasteiger charge is -2.12. The fourth-order valence-corrected chi connectivity index (χ4v) is 2.18. The third-order valence-corrected chi connectivity index (χ3v) is 2.95. The zero-order chi connectivity index (χ0) is 12.4. The number of hydrogen-bond acceptors (Lipinski definition) is 2. The highest BCUT2D eigenvalue weighted by molar-refractivity contribution is 7.71. The standard InChI is InChI=1S/C12H15FN2OS/c1-3-16-8(2)7-15-11-6-9(13)4-5-10(11)14-12(15)17/h4-6,8H,3,7H2,1-2H3,(H,14,17). The molecular weight excluding hydrogens is 239 g/mol. The lowest BCUT2D eigenvalue weighted by molar-refractivity contribution is 0.0645. The molecular formula is C12H15FN2OS. The van der Waals surface area contributed by atoms with E-state index in [1.165, 1.54) is 12.1 Å². The van der Waals surface area contributed by atoms with Crippen molar-refractivity contribution in [2.24, 2.45) is 0 Å². The number of halogens is 1. The number of fused-ring (bicyclic) bond motifs is 1. The van der Waals surface area contributed by atoms with E-state index in [4.69, 9.17) is 17.0 Å². The highest BCUT2D eigenvalue weighted by Gasteiger charge is 2.09. The minimum atomic E-state index is -0.260. The van der Waals surface area contributed by atoms with Crippen molar-refractivity contribution in [3.63, 3.8) is 0 Å². The summed E-state index contributed by atoms with van der Waals surface area (Å²) >= 11 is 5.23. The Morgan fingerprint density at radius 2 is 2.29 bits per heavy atom. The number of nitrogens with one attached hydrogen (secondary N) is 1. The second kappa shape index (κ2) is 4.98. The molecule has 1 N–H and O–H groups in total. The van der Waals surface area contributed by atoms with Crippen LogP contribution in [-0.4, -0.2) is 22.3 Å². The molecule has 0 aliphatic carbocycles. The molecule has 17 heavy (non-hydrogen) atoms. The van der Waals surface area contributed by atoms with Gasteiger partial charge in [-0.25, -0.2) is 4.39 Å². The van der Waals surface area contributed by atoms with E-state index < -0.39 is 0 Å². The molecule has 2 aromatic rings. The van der Waals surface area contributed by atoms with Crippen molar-refractivity contribution in [2.45, 2.75) is 26.5 Å². The maximum atomic E-state index is 13.2. The van der Waals surface area contributed by atoms with E-state index >= 15 is 0 Å². The minimum absolute atomic E-state index is 0.0500. The molecule has 0 saturated heterocycles. The van der Waals surface area contributed by atoms with Crippen LogP contribution in [-0.2, 0) is 11.3 Å². The van der Waals surface area contributed by atoms with Crippen molar-refractivity contribution in [2.75, 3.05) is 6.61 Å². The number of H-pyrrole nitrogens is 1. The van der Waals surface area contributed by atoms with Crippen LogP contribution in [0.3, 0.4) is 0 Å². The topological polar surface area (TPSA) is 29.9 Å². The molecule has 1 heterocycles. The highest BCUT2D eigenvalue weighted by atomic mass is 32.1. The molecule has 1 unspecified atom stereocenters. The molecule has 1 aromatic heterocycles. The summed E-state index contributed by atoms with van der Waals surface area (Å²) in [6.45, 7) is 5.20. The summed E-state index contributed by atoms with van der Waals surface area (Å²) < 4.78 is 21.2. The van der Waals surface area contributed by atoms with Crippen LogP contribution in [0, 0.1) is 10.6 Å². The van der Waals surface area contributed by atoms with E-state index in [2.05, 4.69) is 4.98 Å². The number of aromatic nitrogens is 2. The van der Waals surface area contributed by atoms with Gasteiger partial charge < -0.3 is 14.3 Å². The van der Waals surface area contributed by atoms with E-state index in [1.807, 2.05) is 18.4 Å². The molecule has 92 valence electrons. The third kappa shape index (κ3) is 2.56. The van der Waals surface area contributed by atoms with Crippen molar-refractivity contribution in [3.05, 3.63) is 28.8 Å². The molecule has 0 bridgehead atoms. The van der Waals surface area contributed by atoms with Crippen molar-refractivity contribution in [1.29, 1.82) is 0 Å². The average Bonchev–Trinajstić information content (AvgIpc) is 2.56. The Bertz CT molecular complexity index is 575. The van der Waals surface area contributed by atoms with Crippen LogP contribution >= 0.6 is 12.2 Å². The number of aromatic amines is 1. The van der Waals surface area contributed by atoms with Gasteiger partial charge in [0, 0.05) is 6.61 Å². The van der Waals surface area contributed by atoms with Gasteiger partial charge in [-0.3, -0.25) is 0 Å². The Balaban J connectivity index is 2.42. The molecule has 0 spiro atoms. The maximum Gasteiger partial charge on any atom is 0.178 e. The Morgan fingerprint density at radius 1 is 1.53 bits per heavy atom. The largest absolute Gasteiger partial charge is 0.377 e. The quantitative estimate of drug-likeness (QED) is 0.849. The fraction of sp³-hybridized carbons (Fsp3) is 0.417. The zero-order valence-electron chi connectivity index (χ0n) is 9.87. The summed E-state index contributed by atoms with van der Waals surface area (Å²) in [4.78, 5) is 3.06. The second-order valence-corrected chi connectivity index (χ2v) is 4.35. The van der Waals surface area contributed by atoms with Crippen molar-refractivity contribution < 1.29 is 9.13 Å². The number of rotatable bonds is 4. The molecule has 0 aliphatic rings. The van der Waals surface area contributed by atoms with Gasteiger partial charge >= 0.3 is 0 Å². The summed E-state index contributed by atoms with van der Waals surface area (Å²) in [5, 5.41) is 0. The van der Waals surface area contributed by atoms with Gasteiger partial charge in [0.25, 0.3) is 0 Å². The molecule has 5 heteroatoms. The Kier molecular flexibility index (Phi) is 3.59. The van der Waals surface area contributed by atoms with Crippen LogP contribution in [0.15, 0.2) is 18.2 Å². The monoisotopic (exact) mass is 254 g/mol. The molecule has 3 nitrogen and oxygen atoms in total. The Morgan fingerprint density at radius 3 is 3.00 bits per heavy atom. The van der Waals surface area contributed by atoms with Crippen molar-refractivity contribution in [1.82, 2.24) is 9.55 Å². The lowest BCUT2D eigenvalue weighted by atomic mass is 10.3. The van der Waals surface area contributed by atoms with Crippen LogP contribution in [0.25, 0.3) is 11.0 Å². The van der Waals surface area contributed by atoms with E-state index in [0.29, 0.717) is 17.9 Å². The molecule has 1 atom stereocenters. The van der Waals surface area contributed by atoms with Gasteiger partial charge in [-0.1, -0.05) is 0 Å². The summed E-state index contributed by atoms with van der Waals surface area (Å²) in [5.74, 6) is -0.260. The second-order valence-electron chi connectivity index (χ2n) is 3.97. The van der Waals surface area contributed by atoms with E-state index in [9.17, 15) is 4.39 Å². The minimum Gasteiger partial charge on any atom is -0.377 e. The lowest BCUT2D eigenvalue weighted by Crippen LogP contribution is -2.16. The first-order chi connectivity index (χ1) is 8.11. The molecule has 0 radical (unpaired) electrons. The summed E-state index contributed by atoms with van der Waals surface area (Å²) in [6.07, 6.45) is 0.0500. The SMILES string of the molecule is CCOC(C)Cn1c(=S)[nH]c2ccc(F)cc21. The summed E-state index contributed by atoms with van der Waals surface area (Å²) in [7, 11) is 0. The summed E-state index contributed by atoms with van der Waals surface area (Å²) in [6, 6.07) is 4.60. The maximum absolute atomic E-state index is 13.2. The first-order valence-corrected chi connectivity index (χ1v) is 6.02. The van der Waals surface area contributed by atoms with Gasteiger partial charge in [0.2, 0.25) is 0 Å². The fourth-order valence-electron chi connectivity index (χ4n) is 1.90. The van der Waals surface area contributed by atoms with Gasteiger partial charge in [0.15, 0.2) is 4.77 Å². The molecule has 2 rings (SSSR count). The molecule has 0 aliphatic heterocycles. The van der Waals surface area contributed by atoms with E-state index in [-0.39, 0.29) is 11.9 Å². The number of hydrogen-bond donors (Lipinski definition) is 1. The van der Waals surface area contributed by atoms with Gasteiger partial charge in [0.1, 0.15) is 5.82 Å². The van der Waals surface area contributed by atoms with Crippen LogP contribution in [0.2, 0.25) is 0 Å². The first kappa shape index (κ1) is 12.3. The smallest absolute Gasteiger partial charge is 0.178 e. The number of imidazole rings is 1. The third-order valence-electron chi connectivity index (χ3n) is 2.63. The number of ether oxygens (including phenoxy) is 1. The molecule has 0 saturated carbocycles. The van der Waals surface area contributed by atoms with Gasteiger partial charge in [0.05, 0.1) is 23.7 Å². The molecule has 0 fully saturated rings. The van der Waals surface area contributed by atoms with Gasteiger partial charge in [-0.15, -0.1) is 0 Å². The van der Waals surface area contributed by atoms with Crippen LogP contribution in [0.1, 0.15) is 13.8 Å². The Hall–Kier alpha value is -1.20. The number of benzene rings is 1. The average molecular weight is 254 g/mol.